The fourth-order valence-electron chi connectivity index (χ4n) is 1.97. The van der Waals surface area contributed by atoms with Gasteiger partial charge in [0.15, 0.2) is 5.90 Å². The van der Waals surface area contributed by atoms with Gasteiger partial charge in [0, 0.05) is 13.0 Å². The Morgan fingerprint density at radius 2 is 2.05 bits per heavy atom. The van der Waals surface area contributed by atoms with Gasteiger partial charge in [-0.15, -0.1) is 0 Å². The van der Waals surface area contributed by atoms with Gasteiger partial charge in [-0.1, -0.05) is 36.4 Å². The molecule has 0 saturated carbocycles. The number of rotatable bonds is 5. The van der Waals surface area contributed by atoms with Crippen molar-refractivity contribution < 1.29 is 9.84 Å². The topological polar surface area (TPSA) is 41.8 Å². The molecule has 1 aromatic carbocycles. The highest BCUT2D eigenvalue weighted by molar-refractivity contribution is 5.80. The third-order valence-electron chi connectivity index (χ3n) is 2.96. The van der Waals surface area contributed by atoms with Crippen LogP contribution in [0, 0.1) is 0 Å². The van der Waals surface area contributed by atoms with Gasteiger partial charge >= 0.3 is 0 Å². The van der Waals surface area contributed by atoms with E-state index in [1.807, 2.05) is 12.2 Å². The van der Waals surface area contributed by atoms with Crippen LogP contribution in [-0.2, 0) is 11.2 Å². The number of aliphatic hydroxyl groups excluding tert-OH is 1. The maximum atomic E-state index is 8.71. The van der Waals surface area contributed by atoms with E-state index in [4.69, 9.17) is 9.84 Å². The van der Waals surface area contributed by atoms with E-state index < -0.39 is 0 Å². The highest BCUT2D eigenvalue weighted by Gasteiger charge is 2.25. The second kappa shape index (κ2) is 6.02. The molecule has 1 aliphatic heterocycles. The summed E-state index contributed by atoms with van der Waals surface area (Å²) in [4.78, 5) is 4.55. The average Bonchev–Trinajstić information content (AvgIpc) is 2.71. The van der Waals surface area contributed by atoms with Crippen LogP contribution in [0.4, 0.5) is 0 Å². The molecule has 0 aromatic heterocycles. The number of hydrogen-bond acceptors (Lipinski definition) is 3. The molecule has 0 saturated heterocycles. The molecule has 1 heterocycles. The minimum absolute atomic E-state index is 0.0810. The SMILES string of the molecule is CC1(C)COC(Cc2ccc(/C=C/CCO)cc2)=N1. The van der Waals surface area contributed by atoms with E-state index >= 15 is 0 Å². The quantitative estimate of drug-likeness (QED) is 0.883. The molecular formula is C16H21NO2. The lowest BCUT2D eigenvalue weighted by molar-refractivity contribution is 0.275. The maximum absolute atomic E-state index is 8.71. The summed E-state index contributed by atoms with van der Waals surface area (Å²) in [7, 11) is 0. The third kappa shape index (κ3) is 4.21. The smallest absolute Gasteiger partial charge is 0.188 e. The van der Waals surface area contributed by atoms with Crippen LogP contribution in [-0.4, -0.2) is 29.8 Å². The third-order valence-corrected chi connectivity index (χ3v) is 2.96. The molecule has 0 radical (unpaired) electrons. The van der Waals surface area contributed by atoms with Crippen LogP contribution in [0.3, 0.4) is 0 Å². The number of nitrogens with zero attached hydrogens (tertiary/aromatic N) is 1. The standard InChI is InChI=1S/C16H21NO2/c1-16(2)12-19-15(17-16)11-14-8-6-13(7-9-14)5-3-4-10-18/h3,5-9,18H,4,10-12H2,1-2H3/b5-3+. The van der Waals surface area contributed by atoms with Crippen LogP contribution < -0.4 is 0 Å². The van der Waals surface area contributed by atoms with E-state index in [1.165, 1.54) is 5.56 Å². The predicted octanol–water partition coefficient (Wildman–Crippen LogP) is 2.83. The first kappa shape index (κ1) is 13.8. The van der Waals surface area contributed by atoms with Crippen molar-refractivity contribution in [3.63, 3.8) is 0 Å². The summed E-state index contributed by atoms with van der Waals surface area (Å²) in [5.41, 5.74) is 2.27. The van der Waals surface area contributed by atoms with Gasteiger partial charge in [0.05, 0.1) is 5.54 Å². The molecule has 3 nitrogen and oxygen atoms in total. The summed E-state index contributed by atoms with van der Waals surface area (Å²) in [5, 5.41) is 8.71. The van der Waals surface area contributed by atoms with Gasteiger partial charge in [0.1, 0.15) is 6.61 Å². The lowest BCUT2D eigenvalue weighted by Gasteiger charge is -2.07. The largest absolute Gasteiger partial charge is 0.478 e. The van der Waals surface area contributed by atoms with Crippen molar-refractivity contribution in [3.05, 3.63) is 41.5 Å². The molecule has 0 bridgehead atoms. The Morgan fingerprint density at radius 1 is 1.32 bits per heavy atom. The van der Waals surface area contributed by atoms with Gasteiger partial charge < -0.3 is 9.84 Å². The lowest BCUT2D eigenvalue weighted by Crippen LogP contribution is -2.17. The Balaban J connectivity index is 1.96. The second-order valence-corrected chi connectivity index (χ2v) is 5.44. The van der Waals surface area contributed by atoms with E-state index in [2.05, 4.69) is 43.1 Å². The number of aliphatic imine (C=N–C) groups is 1. The molecule has 0 atom stereocenters. The van der Waals surface area contributed by atoms with Crippen molar-refractivity contribution in [1.29, 1.82) is 0 Å². The number of benzene rings is 1. The van der Waals surface area contributed by atoms with E-state index in [1.54, 1.807) is 0 Å². The molecule has 0 aliphatic carbocycles. The molecule has 1 N–H and O–H groups in total. The zero-order valence-corrected chi connectivity index (χ0v) is 11.6. The van der Waals surface area contributed by atoms with Crippen molar-refractivity contribution in [2.24, 2.45) is 4.99 Å². The monoisotopic (exact) mass is 259 g/mol. The van der Waals surface area contributed by atoms with Gasteiger partial charge in [0.2, 0.25) is 0 Å². The zero-order valence-electron chi connectivity index (χ0n) is 11.6. The Bertz CT molecular complexity index is 472. The molecule has 0 unspecified atom stereocenters. The zero-order chi connectivity index (χ0) is 13.7. The molecule has 0 amide bonds. The summed E-state index contributed by atoms with van der Waals surface area (Å²) in [6.45, 7) is 5.02. The molecule has 0 fully saturated rings. The van der Waals surface area contributed by atoms with E-state index in [0.29, 0.717) is 13.0 Å². The predicted molar refractivity (Wildman–Crippen MR) is 78.3 cm³/mol. The molecule has 0 spiro atoms. The minimum atomic E-state index is -0.0810. The van der Waals surface area contributed by atoms with Crippen LogP contribution in [0.5, 0.6) is 0 Å². The van der Waals surface area contributed by atoms with Gasteiger partial charge in [-0.05, 0) is 31.4 Å². The summed E-state index contributed by atoms with van der Waals surface area (Å²) in [5.74, 6) is 0.827. The molecule has 102 valence electrons. The van der Waals surface area contributed by atoms with Crippen molar-refractivity contribution in [2.75, 3.05) is 13.2 Å². The van der Waals surface area contributed by atoms with E-state index in [9.17, 15) is 0 Å². The van der Waals surface area contributed by atoms with Crippen LogP contribution in [0.2, 0.25) is 0 Å². The normalized spacial score (nSPS) is 17.5. The first-order chi connectivity index (χ1) is 9.09. The van der Waals surface area contributed by atoms with Crippen molar-refractivity contribution in [1.82, 2.24) is 0 Å². The Morgan fingerprint density at radius 3 is 2.63 bits per heavy atom. The van der Waals surface area contributed by atoms with Crippen LogP contribution in [0.15, 0.2) is 35.3 Å². The van der Waals surface area contributed by atoms with E-state index in [0.717, 1.165) is 17.9 Å². The van der Waals surface area contributed by atoms with Crippen molar-refractivity contribution >= 4 is 12.0 Å². The first-order valence-corrected chi connectivity index (χ1v) is 6.67. The van der Waals surface area contributed by atoms with Crippen molar-refractivity contribution in [3.8, 4) is 0 Å². The summed E-state index contributed by atoms with van der Waals surface area (Å²) >= 11 is 0. The Kier molecular flexibility index (Phi) is 4.38. The van der Waals surface area contributed by atoms with Gasteiger partial charge in [-0.25, -0.2) is 4.99 Å². The fourth-order valence-corrected chi connectivity index (χ4v) is 1.97. The number of ether oxygens (including phenoxy) is 1. The van der Waals surface area contributed by atoms with Crippen LogP contribution in [0.25, 0.3) is 6.08 Å². The first-order valence-electron chi connectivity index (χ1n) is 6.67. The highest BCUT2D eigenvalue weighted by Crippen LogP contribution is 2.19. The molecule has 1 aliphatic rings. The molecule has 1 aromatic rings. The van der Waals surface area contributed by atoms with Gasteiger partial charge in [0.25, 0.3) is 0 Å². The highest BCUT2D eigenvalue weighted by atomic mass is 16.5. The molecular weight excluding hydrogens is 238 g/mol. The van der Waals surface area contributed by atoms with Crippen molar-refractivity contribution in [2.45, 2.75) is 32.2 Å². The fraction of sp³-hybridized carbons (Fsp3) is 0.438. The maximum Gasteiger partial charge on any atom is 0.188 e. The minimum Gasteiger partial charge on any atom is -0.478 e. The number of aliphatic hydroxyl groups is 1. The van der Waals surface area contributed by atoms with Gasteiger partial charge in [-0.2, -0.15) is 0 Å². The molecule has 3 heteroatoms. The van der Waals surface area contributed by atoms with Crippen LogP contribution in [0.1, 0.15) is 31.4 Å². The number of hydrogen-bond donors (Lipinski definition) is 1. The Hall–Kier alpha value is -1.61. The summed E-state index contributed by atoms with van der Waals surface area (Å²) in [6.07, 6.45) is 5.44. The molecule has 2 rings (SSSR count). The summed E-state index contributed by atoms with van der Waals surface area (Å²) in [6, 6.07) is 8.33. The molecule has 19 heavy (non-hydrogen) atoms. The lowest BCUT2D eigenvalue weighted by atomic mass is 10.1. The van der Waals surface area contributed by atoms with Crippen LogP contribution >= 0.6 is 0 Å². The van der Waals surface area contributed by atoms with Gasteiger partial charge in [-0.3, -0.25) is 0 Å². The average molecular weight is 259 g/mol. The Labute approximate surface area is 114 Å². The second-order valence-electron chi connectivity index (χ2n) is 5.44. The summed E-state index contributed by atoms with van der Waals surface area (Å²) < 4.78 is 5.59. The van der Waals surface area contributed by atoms with E-state index in [-0.39, 0.29) is 12.1 Å².